The summed E-state index contributed by atoms with van der Waals surface area (Å²) in [6.45, 7) is 6.45. The van der Waals surface area contributed by atoms with Gasteiger partial charge in [0, 0.05) is 18.1 Å². The summed E-state index contributed by atoms with van der Waals surface area (Å²) in [6.07, 6.45) is 0.700. The number of benzene rings is 1. The van der Waals surface area contributed by atoms with Crippen molar-refractivity contribution in [1.82, 2.24) is 4.90 Å². The lowest BCUT2D eigenvalue weighted by Gasteiger charge is -2.44. The smallest absolute Gasteiger partial charge is 0.410 e. The van der Waals surface area contributed by atoms with Crippen LogP contribution in [0.15, 0.2) is 18.2 Å². The van der Waals surface area contributed by atoms with E-state index >= 15 is 0 Å². The topological polar surface area (TPSA) is 70.7 Å². The maximum Gasteiger partial charge on any atom is 0.410 e. The van der Waals surface area contributed by atoms with E-state index in [2.05, 4.69) is 10.6 Å². The molecule has 0 radical (unpaired) electrons. The SMILES string of the molecule is CC(C)(C)OC(=O)N1CCC2(CC1)Nc1cc(Cl)ccc1NC2=O. The number of carbonyl (C=O) groups is 2. The van der Waals surface area contributed by atoms with Crippen molar-refractivity contribution < 1.29 is 14.3 Å². The number of halogens is 1. The highest BCUT2D eigenvalue weighted by Gasteiger charge is 2.45. The lowest BCUT2D eigenvalue weighted by Crippen LogP contribution is -2.59. The fourth-order valence-corrected chi connectivity index (χ4v) is 3.21. The van der Waals surface area contributed by atoms with Crippen LogP contribution in [-0.2, 0) is 9.53 Å². The molecule has 1 saturated heterocycles. The van der Waals surface area contributed by atoms with E-state index in [4.69, 9.17) is 16.3 Å². The number of fused-ring (bicyclic) bond motifs is 1. The van der Waals surface area contributed by atoms with Crippen LogP contribution in [0.2, 0.25) is 5.02 Å². The zero-order valence-electron chi connectivity index (χ0n) is 14.1. The second kappa shape index (κ2) is 5.84. The Balaban J connectivity index is 1.71. The lowest BCUT2D eigenvalue weighted by molar-refractivity contribution is -0.122. The first kappa shape index (κ1) is 16.9. The van der Waals surface area contributed by atoms with Crippen LogP contribution in [0.4, 0.5) is 16.2 Å². The van der Waals surface area contributed by atoms with E-state index < -0.39 is 11.1 Å². The number of likely N-dealkylation sites (tertiary alicyclic amines) is 1. The minimum atomic E-state index is -0.712. The quantitative estimate of drug-likeness (QED) is 0.750. The molecule has 0 aliphatic carbocycles. The number of amides is 2. The minimum Gasteiger partial charge on any atom is -0.444 e. The number of hydrogen-bond acceptors (Lipinski definition) is 4. The van der Waals surface area contributed by atoms with E-state index in [1.54, 1.807) is 23.1 Å². The largest absolute Gasteiger partial charge is 0.444 e. The van der Waals surface area contributed by atoms with E-state index in [1.165, 1.54) is 0 Å². The average molecular weight is 352 g/mol. The zero-order valence-corrected chi connectivity index (χ0v) is 14.9. The van der Waals surface area contributed by atoms with Crippen molar-refractivity contribution in [2.24, 2.45) is 0 Å². The maximum absolute atomic E-state index is 12.6. The molecule has 0 atom stereocenters. The molecule has 2 aliphatic heterocycles. The highest BCUT2D eigenvalue weighted by molar-refractivity contribution is 6.31. The summed E-state index contributed by atoms with van der Waals surface area (Å²) in [5.41, 5.74) is 0.302. The highest BCUT2D eigenvalue weighted by atomic mass is 35.5. The van der Waals surface area contributed by atoms with Gasteiger partial charge >= 0.3 is 6.09 Å². The molecule has 1 aromatic carbocycles. The molecule has 1 fully saturated rings. The molecule has 6 nitrogen and oxygen atoms in total. The zero-order chi connectivity index (χ0) is 17.5. The van der Waals surface area contributed by atoms with E-state index in [-0.39, 0.29) is 12.0 Å². The van der Waals surface area contributed by atoms with Crippen molar-refractivity contribution in [2.45, 2.75) is 44.8 Å². The van der Waals surface area contributed by atoms with Crippen LogP contribution >= 0.6 is 11.6 Å². The fraction of sp³-hybridized carbons (Fsp3) is 0.529. The number of piperidine rings is 1. The van der Waals surface area contributed by atoms with Crippen molar-refractivity contribution in [3.8, 4) is 0 Å². The van der Waals surface area contributed by atoms with Crippen LogP contribution in [-0.4, -0.2) is 41.1 Å². The average Bonchev–Trinajstić information content (AvgIpc) is 2.48. The third kappa shape index (κ3) is 3.29. The molecule has 0 aromatic heterocycles. The standard InChI is InChI=1S/C17H22ClN3O3/c1-16(2,3)24-15(23)21-8-6-17(7-9-21)14(22)19-12-5-4-11(18)10-13(12)20-17/h4-5,10,20H,6-9H2,1-3H3,(H,19,22). The number of rotatable bonds is 0. The molecule has 0 unspecified atom stereocenters. The Hall–Kier alpha value is -1.95. The van der Waals surface area contributed by atoms with E-state index in [9.17, 15) is 9.59 Å². The van der Waals surface area contributed by atoms with Crippen molar-refractivity contribution in [2.75, 3.05) is 23.7 Å². The van der Waals surface area contributed by atoms with Crippen LogP contribution < -0.4 is 10.6 Å². The molecule has 0 saturated carbocycles. The second-order valence-corrected chi connectivity index (χ2v) is 7.75. The summed E-state index contributed by atoms with van der Waals surface area (Å²) >= 11 is 6.04. The molecular formula is C17H22ClN3O3. The van der Waals surface area contributed by atoms with Crippen molar-refractivity contribution in [1.29, 1.82) is 0 Å². The van der Waals surface area contributed by atoms with Gasteiger partial charge in [0.1, 0.15) is 11.1 Å². The van der Waals surface area contributed by atoms with Gasteiger partial charge < -0.3 is 20.3 Å². The van der Waals surface area contributed by atoms with Crippen molar-refractivity contribution in [3.05, 3.63) is 23.2 Å². The first-order valence-electron chi connectivity index (χ1n) is 8.06. The van der Waals surface area contributed by atoms with E-state index in [1.807, 2.05) is 20.8 Å². The Bertz CT molecular complexity index is 676. The molecule has 0 bridgehead atoms. The van der Waals surface area contributed by atoms with Gasteiger partial charge in [0.2, 0.25) is 5.91 Å². The third-order valence-electron chi connectivity index (χ3n) is 4.31. The monoisotopic (exact) mass is 351 g/mol. The summed E-state index contributed by atoms with van der Waals surface area (Å²) in [4.78, 5) is 26.4. The van der Waals surface area contributed by atoms with Gasteiger partial charge in [0.15, 0.2) is 0 Å². The maximum atomic E-state index is 12.6. The molecule has 1 spiro atoms. The predicted octanol–water partition coefficient (Wildman–Crippen LogP) is 3.47. The first-order valence-corrected chi connectivity index (χ1v) is 8.43. The minimum absolute atomic E-state index is 0.0684. The number of nitrogens with zero attached hydrogens (tertiary/aromatic N) is 1. The lowest BCUT2D eigenvalue weighted by atomic mass is 9.84. The fourth-order valence-electron chi connectivity index (χ4n) is 3.03. The first-order chi connectivity index (χ1) is 11.2. The number of hydrogen-bond donors (Lipinski definition) is 2. The van der Waals surface area contributed by atoms with Gasteiger partial charge in [0.25, 0.3) is 0 Å². The summed E-state index contributed by atoms with van der Waals surface area (Å²) in [5, 5.41) is 6.88. The Morgan fingerprint density at radius 3 is 2.54 bits per heavy atom. The Morgan fingerprint density at radius 2 is 1.92 bits per heavy atom. The van der Waals surface area contributed by atoms with Gasteiger partial charge in [-0.3, -0.25) is 4.79 Å². The number of ether oxygens (including phenoxy) is 1. The predicted molar refractivity (Wildman–Crippen MR) is 93.5 cm³/mol. The third-order valence-corrected chi connectivity index (χ3v) is 4.54. The van der Waals surface area contributed by atoms with E-state index in [0.29, 0.717) is 31.0 Å². The van der Waals surface area contributed by atoms with Gasteiger partial charge in [-0.25, -0.2) is 4.79 Å². The van der Waals surface area contributed by atoms with Crippen LogP contribution in [0, 0.1) is 0 Å². The van der Waals surface area contributed by atoms with Gasteiger partial charge in [0.05, 0.1) is 11.4 Å². The molecule has 130 valence electrons. The van der Waals surface area contributed by atoms with Crippen LogP contribution in [0.5, 0.6) is 0 Å². The van der Waals surface area contributed by atoms with Gasteiger partial charge in [-0.05, 0) is 51.8 Å². The van der Waals surface area contributed by atoms with Gasteiger partial charge in [-0.2, -0.15) is 0 Å². The summed E-state index contributed by atoms with van der Waals surface area (Å²) < 4.78 is 5.40. The molecule has 2 heterocycles. The molecule has 7 heteroatoms. The molecule has 2 aliphatic rings. The Morgan fingerprint density at radius 1 is 1.25 bits per heavy atom. The van der Waals surface area contributed by atoms with Crippen LogP contribution in [0.3, 0.4) is 0 Å². The molecule has 2 N–H and O–H groups in total. The van der Waals surface area contributed by atoms with Gasteiger partial charge in [-0.15, -0.1) is 0 Å². The summed E-state index contributed by atoms with van der Waals surface area (Å²) in [6, 6.07) is 5.33. The normalized spacial score (nSPS) is 19.3. The molecule has 2 amide bonds. The second-order valence-electron chi connectivity index (χ2n) is 7.32. The number of anilines is 2. The number of carbonyl (C=O) groups excluding carboxylic acids is 2. The van der Waals surface area contributed by atoms with Crippen molar-refractivity contribution >= 4 is 35.0 Å². The van der Waals surface area contributed by atoms with Crippen molar-refractivity contribution in [3.63, 3.8) is 0 Å². The van der Waals surface area contributed by atoms with Crippen LogP contribution in [0.1, 0.15) is 33.6 Å². The number of nitrogens with one attached hydrogen (secondary N) is 2. The van der Waals surface area contributed by atoms with Gasteiger partial charge in [-0.1, -0.05) is 11.6 Å². The molecular weight excluding hydrogens is 330 g/mol. The summed E-state index contributed by atoms with van der Waals surface area (Å²) in [5.74, 6) is -0.0684. The molecule has 3 rings (SSSR count). The molecule has 1 aromatic rings. The van der Waals surface area contributed by atoms with E-state index in [0.717, 1.165) is 11.4 Å². The molecule has 24 heavy (non-hydrogen) atoms. The van der Waals surface area contributed by atoms with Crippen LogP contribution in [0.25, 0.3) is 0 Å². The Kier molecular flexibility index (Phi) is 4.11. The highest BCUT2D eigenvalue weighted by Crippen LogP contribution is 2.37. The Labute approximate surface area is 146 Å². The summed E-state index contributed by atoms with van der Waals surface area (Å²) in [7, 11) is 0.